The molecule has 0 radical (unpaired) electrons. The second-order valence-corrected chi connectivity index (χ2v) is 8.45. The number of carbonyl (C=O) groups excluding carboxylic acids is 4. The molecule has 0 spiro atoms. The molecule has 0 bridgehead atoms. The second-order valence-electron chi connectivity index (χ2n) is 8.09. The second kappa shape index (κ2) is 11.4. The molecule has 0 aliphatic carbocycles. The van der Waals surface area contributed by atoms with Crippen molar-refractivity contribution in [2.75, 3.05) is 6.61 Å². The minimum Gasteiger partial charge on any atom is -0.463 e. The van der Waals surface area contributed by atoms with Gasteiger partial charge < -0.3 is 28.8 Å². The Balaban J connectivity index is 2.15. The van der Waals surface area contributed by atoms with Crippen molar-refractivity contribution in [3.63, 3.8) is 0 Å². The molecule has 36 heavy (non-hydrogen) atoms. The number of pyridine rings is 1. The highest BCUT2D eigenvalue weighted by Gasteiger charge is 2.52. The van der Waals surface area contributed by atoms with Crippen molar-refractivity contribution < 1.29 is 38.1 Å². The number of aromatic nitrogens is 4. The molecule has 3 heterocycles. The van der Waals surface area contributed by atoms with E-state index in [4.69, 9.17) is 31.2 Å². The highest BCUT2D eigenvalue weighted by Crippen LogP contribution is 2.33. The molecule has 2 aromatic rings. The zero-order valence-electron chi connectivity index (χ0n) is 20.4. The van der Waals surface area contributed by atoms with Gasteiger partial charge in [-0.2, -0.15) is 0 Å². The van der Waals surface area contributed by atoms with E-state index >= 15 is 0 Å². The Hall–Kier alpha value is -3.65. The lowest BCUT2D eigenvalue weighted by Gasteiger charge is -2.45. The quantitative estimate of drug-likeness (QED) is 0.313. The molecule has 1 fully saturated rings. The average Bonchev–Trinajstić information content (AvgIpc) is 3.09. The summed E-state index contributed by atoms with van der Waals surface area (Å²) >= 11 is 5.61. The lowest BCUT2D eigenvalue weighted by Crippen LogP contribution is -2.64. The first-order valence-corrected chi connectivity index (χ1v) is 11.4. The van der Waals surface area contributed by atoms with Gasteiger partial charge in [0.05, 0.1) is 0 Å². The van der Waals surface area contributed by atoms with Crippen LogP contribution in [-0.4, -0.2) is 74.1 Å². The number of hydrogen-bond acceptors (Lipinski definition) is 11. The number of hydrogen-bond donors (Lipinski definition) is 1. The minimum absolute atomic E-state index is 0.223. The van der Waals surface area contributed by atoms with E-state index in [-0.39, 0.29) is 11.4 Å². The predicted molar refractivity (Wildman–Crippen MR) is 125 cm³/mol. The number of carbonyl (C=O) groups is 4. The van der Waals surface area contributed by atoms with Crippen molar-refractivity contribution in [2.24, 2.45) is 7.05 Å². The van der Waals surface area contributed by atoms with Crippen LogP contribution in [0.3, 0.4) is 0 Å². The molecular weight excluding hydrogens is 494 g/mol. The van der Waals surface area contributed by atoms with Crippen LogP contribution in [0, 0.1) is 4.77 Å². The van der Waals surface area contributed by atoms with Crippen molar-refractivity contribution in [3.8, 4) is 11.4 Å². The van der Waals surface area contributed by atoms with Crippen molar-refractivity contribution in [1.82, 2.24) is 24.6 Å². The fourth-order valence-electron chi connectivity index (χ4n) is 3.89. The Bertz CT molecular complexity index is 1200. The zero-order valence-corrected chi connectivity index (χ0v) is 21.2. The van der Waals surface area contributed by atoms with Crippen molar-refractivity contribution in [2.45, 2.75) is 58.3 Å². The first-order valence-electron chi connectivity index (χ1n) is 11.0. The third-order valence-electron chi connectivity index (χ3n) is 5.27. The molecule has 194 valence electrons. The summed E-state index contributed by atoms with van der Waals surface area (Å²) in [5.41, 5.74) is 0.718. The van der Waals surface area contributed by atoms with Gasteiger partial charge in [0.2, 0.25) is 5.91 Å². The summed E-state index contributed by atoms with van der Waals surface area (Å²) in [4.78, 5) is 51.7. The van der Waals surface area contributed by atoms with Crippen LogP contribution in [0.5, 0.6) is 0 Å². The van der Waals surface area contributed by atoms with Gasteiger partial charge in [-0.3, -0.25) is 24.2 Å². The zero-order chi connectivity index (χ0) is 26.6. The Morgan fingerprint density at radius 1 is 1.03 bits per heavy atom. The van der Waals surface area contributed by atoms with E-state index < -0.39 is 54.4 Å². The number of nitrogens with one attached hydrogen (secondary N) is 1. The van der Waals surface area contributed by atoms with Crippen LogP contribution in [0.25, 0.3) is 11.4 Å². The molecule has 1 aliphatic rings. The molecule has 1 saturated heterocycles. The summed E-state index contributed by atoms with van der Waals surface area (Å²) in [5.74, 6) is -1.97. The molecule has 0 saturated carbocycles. The molecule has 13 nitrogen and oxygen atoms in total. The lowest BCUT2D eigenvalue weighted by atomic mass is 9.95. The number of esters is 3. The van der Waals surface area contributed by atoms with Crippen LogP contribution >= 0.6 is 12.2 Å². The monoisotopic (exact) mass is 521 g/mol. The predicted octanol–water partition coefficient (Wildman–Crippen LogP) is 0.842. The fourth-order valence-corrected chi connectivity index (χ4v) is 4.12. The maximum absolute atomic E-state index is 12.2. The van der Waals surface area contributed by atoms with Gasteiger partial charge in [0.25, 0.3) is 0 Å². The Morgan fingerprint density at radius 3 is 2.19 bits per heavy atom. The van der Waals surface area contributed by atoms with E-state index in [2.05, 4.69) is 15.4 Å². The van der Waals surface area contributed by atoms with E-state index in [0.29, 0.717) is 5.82 Å². The summed E-state index contributed by atoms with van der Waals surface area (Å²) in [6, 6.07) is 2.42. The number of rotatable bonds is 7. The molecule has 1 aliphatic heterocycles. The summed E-state index contributed by atoms with van der Waals surface area (Å²) in [6.07, 6.45) is -1.43. The van der Waals surface area contributed by atoms with Crippen LogP contribution in [0.1, 0.15) is 33.9 Å². The summed E-state index contributed by atoms with van der Waals surface area (Å²) in [6.45, 7) is 4.50. The highest BCUT2D eigenvalue weighted by atomic mass is 32.1. The van der Waals surface area contributed by atoms with E-state index in [9.17, 15) is 19.2 Å². The smallest absolute Gasteiger partial charge is 0.303 e. The molecule has 5 atom stereocenters. The van der Waals surface area contributed by atoms with E-state index in [1.165, 1.54) is 32.4 Å². The minimum atomic E-state index is -1.22. The van der Waals surface area contributed by atoms with E-state index in [0.717, 1.165) is 5.56 Å². The molecule has 0 unspecified atom stereocenters. The molecule has 3 rings (SSSR count). The first-order chi connectivity index (χ1) is 17.0. The van der Waals surface area contributed by atoms with Crippen molar-refractivity contribution in [3.05, 3.63) is 29.3 Å². The van der Waals surface area contributed by atoms with Gasteiger partial charge in [0, 0.05) is 52.7 Å². The van der Waals surface area contributed by atoms with E-state index in [1.54, 1.807) is 36.1 Å². The molecule has 1 amide bonds. The van der Waals surface area contributed by atoms with Crippen LogP contribution in [-0.2, 0) is 45.2 Å². The highest BCUT2D eigenvalue weighted by molar-refractivity contribution is 7.71. The molecule has 0 aromatic carbocycles. The van der Waals surface area contributed by atoms with Crippen LogP contribution in [0.4, 0.5) is 0 Å². The summed E-state index contributed by atoms with van der Waals surface area (Å²) < 4.78 is 25.5. The van der Waals surface area contributed by atoms with Gasteiger partial charge in [0.15, 0.2) is 29.0 Å². The maximum atomic E-state index is 12.2. The topological polar surface area (TPSA) is 153 Å². The van der Waals surface area contributed by atoms with Gasteiger partial charge in [-0.25, -0.2) is 4.68 Å². The molecule has 14 heteroatoms. The van der Waals surface area contributed by atoms with Crippen LogP contribution < -0.4 is 5.32 Å². The molecular formula is C22H27N5O8S. The SMILES string of the molecule is CC(=O)N[C@@H]1[C@H](OC(C)=O)[C@H](OC(C)=O)[C@@H](COC(C)=O)O[C@H]1n1nc(-c2ccncc2)n(C)c1=S. The fraction of sp³-hybridized carbons (Fsp3) is 0.500. The van der Waals surface area contributed by atoms with Crippen molar-refractivity contribution in [1.29, 1.82) is 0 Å². The third kappa shape index (κ3) is 6.12. The van der Waals surface area contributed by atoms with Gasteiger partial charge in [-0.1, -0.05) is 0 Å². The molecule has 1 N–H and O–H groups in total. The third-order valence-corrected chi connectivity index (χ3v) is 5.73. The Labute approximate surface area is 211 Å². The van der Waals surface area contributed by atoms with Gasteiger partial charge in [-0.05, 0) is 24.4 Å². The van der Waals surface area contributed by atoms with Gasteiger partial charge >= 0.3 is 17.9 Å². The van der Waals surface area contributed by atoms with E-state index in [1.807, 2.05) is 0 Å². The van der Waals surface area contributed by atoms with Crippen molar-refractivity contribution >= 4 is 36.0 Å². The Kier molecular flexibility index (Phi) is 8.53. The number of nitrogens with zero attached hydrogens (tertiary/aromatic N) is 4. The van der Waals surface area contributed by atoms with Gasteiger partial charge in [-0.15, -0.1) is 5.10 Å². The summed E-state index contributed by atoms with van der Waals surface area (Å²) in [5, 5.41) is 7.31. The maximum Gasteiger partial charge on any atom is 0.303 e. The molecule has 2 aromatic heterocycles. The number of ether oxygens (including phenoxy) is 4. The number of amides is 1. The van der Waals surface area contributed by atoms with Crippen LogP contribution in [0.15, 0.2) is 24.5 Å². The van der Waals surface area contributed by atoms with Gasteiger partial charge in [0.1, 0.15) is 18.8 Å². The average molecular weight is 522 g/mol. The normalized spacial score (nSPS) is 23.4. The van der Waals surface area contributed by atoms with Crippen LogP contribution in [0.2, 0.25) is 0 Å². The first kappa shape index (κ1) is 26.9. The standard InChI is InChI=1S/C22H27N5O8S/c1-11(28)24-17-19(34-14(4)31)18(33-13(3)30)16(10-32-12(2)29)35-21(17)27-22(36)26(5)20(25-27)15-6-8-23-9-7-15/h6-9,16-19,21H,10H2,1-5H3,(H,24,28)/t16-,17-,18-,19+,21-/m1/s1. The lowest BCUT2D eigenvalue weighted by molar-refractivity contribution is -0.239. The largest absolute Gasteiger partial charge is 0.463 e. The Morgan fingerprint density at radius 2 is 1.64 bits per heavy atom. The summed E-state index contributed by atoms with van der Waals surface area (Å²) in [7, 11) is 1.71.